The molecular formula is C23H21NO3. The molecule has 0 bridgehead atoms. The Morgan fingerprint density at radius 3 is 2.19 bits per heavy atom. The molecular weight excluding hydrogens is 338 g/mol. The topological polar surface area (TPSA) is 47.6 Å². The summed E-state index contributed by atoms with van der Waals surface area (Å²) in [5.41, 5.74) is 3.00. The minimum absolute atomic E-state index is 0.190. The second kappa shape index (κ2) is 8.72. The second-order valence-corrected chi connectivity index (χ2v) is 5.88. The molecule has 136 valence electrons. The molecule has 3 aromatic carbocycles. The summed E-state index contributed by atoms with van der Waals surface area (Å²) in [6.07, 6.45) is 1.87. The van der Waals surface area contributed by atoms with Gasteiger partial charge in [0, 0.05) is 17.3 Å². The number of anilines is 1. The van der Waals surface area contributed by atoms with Crippen molar-refractivity contribution >= 4 is 23.2 Å². The SMILES string of the molecule is COc1ccc(C=C(C(=O)Nc2cccc(OC)c2)c2ccccc2)cc1. The molecule has 0 atom stereocenters. The van der Waals surface area contributed by atoms with Crippen LogP contribution in [0.25, 0.3) is 11.6 Å². The highest BCUT2D eigenvalue weighted by atomic mass is 16.5. The summed E-state index contributed by atoms with van der Waals surface area (Å²) >= 11 is 0. The fourth-order valence-electron chi connectivity index (χ4n) is 2.66. The Morgan fingerprint density at radius 2 is 1.52 bits per heavy atom. The zero-order chi connectivity index (χ0) is 19.1. The Hall–Kier alpha value is -3.53. The first kappa shape index (κ1) is 18.3. The second-order valence-electron chi connectivity index (χ2n) is 5.88. The standard InChI is InChI=1S/C23H21NO3/c1-26-20-13-11-17(12-14-20)15-22(18-7-4-3-5-8-18)23(25)24-19-9-6-10-21(16-19)27-2/h3-16H,1-2H3,(H,24,25). The van der Waals surface area contributed by atoms with Crippen molar-refractivity contribution in [2.75, 3.05) is 19.5 Å². The van der Waals surface area contributed by atoms with Gasteiger partial charge < -0.3 is 14.8 Å². The molecule has 1 amide bonds. The zero-order valence-corrected chi connectivity index (χ0v) is 15.3. The third kappa shape index (κ3) is 4.76. The lowest BCUT2D eigenvalue weighted by atomic mass is 10.0. The van der Waals surface area contributed by atoms with Crippen molar-refractivity contribution in [3.05, 3.63) is 90.0 Å². The van der Waals surface area contributed by atoms with Gasteiger partial charge in [-0.15, -0.1) is 0 Å². The van der Waals surface area contributed by atoms with E-state index >= 15 is 0 Å². The van der Waals surface area contributed by atoms with E-state index in [0.29, 0.717) is 17.0 Å². The Labute approximate surface area is 159 Å². The fraction of sp³-hybridized carbons (Fsp3) is 0.0870. The van der Waals surface area contributed by atoms with Gasteiger partial charge in [0.15, 0.2) is 0 Å². The van der Waals surface area contributed by atoms with E-state index < -0.39 is 0 Å². The molecule has 0 fully saturated rings. The van der Waals surface area contributed by atoms with Crippen molar-refractivity contribution in [2.24, 2.45) is 0 Å². The van der Waals surface area contributed by atoms with Gasteiger partial charge in [-0.2, -0.15) is 0 Å². The smallest absolute Gasteiger partial charge is 0.256 e. The highest BCUT2D eigenvalue weighted by Gasteiger charge is 2.13. The molecule has 0 radical (unpaired) electrons. The van der Waals surface area contributed by atoms with E-state index in [9.17, 15) is 4.79 Å². The van der Waals surface area contributed by atoms with Crippen LogP contribution in [0.1, 0.15) is 11.1 Å². The van der Waals surface area contributed by atoms with Crippen LogP contribution in [0.15, 0.2) is 78.9 Å². The van der Waals surface area contributed by atoms with Gasteiger partial charge in [-0.1, -0.05) is 48.5 Å². The van der Waals surface area contributed by atoms with E-state index in [1.165, 1.54) is 0 Å². The molecule has 0 saturated carbocycles. The molecule has 3 aromatic rings. The summed E-state index contributed by atoms with van der Waals surface area (Å²) < 4.78 is 10.4. The lowest BCUT2D eigenvalue weighted by molar-refractivity contribution is -0.111. The van der Waals surface area contributed by atoms with E-state index in [0.717, 1.165) is 16.9 Å². The van der Waals surface area contributed by atoms with Crippen LogP contribution in [0.5, 0.6) is 11.5 Å². The van der Waals surface area contributed by atoms with Crippen molar-refractivity contribution in [1.82, 2.24) is 0 Å². The maximum atomic E-state index is 13.0. The number of rotatable bonds is 6. The summed E-state index contributed by atoms with van der Waals surface area (Å²) in [5, 5.41) is 2.95. The van der Waals surface area contributed by atoms with Crippen molar-refractivity contribution in [1.29, 1.82) is 0 Å². The highest BCUT2D eigenvalue weighted by Crippen LogP contribution is 2.23. The van der Waals surface area contributed by atoms with Crippen LogP contribution in [0.2, 0.25) is 0 Å². The average Bonchev–Trinajstić information content (AvgIpc) is 2.73. The number of carbonyl (C=O) groups excluding carboxylic acids is 1. The quantitative estimate of drug-likeness (QED) is 0.504. The van der Waals surface area contributed by atoms with Gasteiger partial charge in [0.25, 0.3) is 5.91 Å². The minimum Gasteiger partial charge on any atom is -0.497 e. The predicted octanol–water partition coefficient (Wildman–Crippen LogP) is 4.88. The maximum absolute atomic E-state index is 13.0. The molecule has 27 heavy (non-hydrogen) atoms. The first-order valence-electron chi connectivity index (χ1n) is 8.56. The monoisotopic (exact) mass is 359 g/mol. The van der Waals surface area contributed by atoms with E-state index in [2.05, 4.69) is 5.32 Å². The Balaban J connectivity index is 1.93. The van der Waals surface area contributed by atoms with Crippen molar-refractivity contribution in [3.63, 3.8) is 0 Å². The van der Waals surface area contributed by atoms with Crippen molar-refractivity contribution in [3.8, 4) is 11.5 Å². The Morgan fingerprint density at radius 1 is 0.815 bits per heavy atom. The summed E-state index contributed by atoms with van der Waals surface area (Å²) in [5.74, 6) is 1.27. The van der Waals surface area contributed by atoms with Crippen LogP contribution in [0, 0.1) is 0 Å². The molecule has 4 heteroatoms. The van der Waals surface area contributed by atoms with E-state index in [-0.39, 0.29) is 5.91 Å². The Kier molecular flexibility index (Phi) is 5.90. The molecule has 3 rings (SSSR count). The average molecular weight is 359 g/mol. The first-order chi connectivity index (χ1) is 13.2. The molecule has 0 saturated heterocycles. The molecule has 0 heterocycles. The van der Waals surface area contributed by atoms with E-state index in [1.54, 1.807) is 20.3 Å². The predicted molar refractivity (Wildman–Crippen MR) is 109 cm³/mol. The number of nitrogens with one attached hydrogen (secondary N) is 1. The molecule has 0 spiro atoms. The molecule has 0 aliphatic carbocycles. The number of hydrogen-bond acceptors (Lipinski definition) is 3. The van der Waals surface area contributed by atoms with Gasteiger partial charge in [0.1, 0.15) is 11.5 Å². The third-order valence-corrected chi connectivity index (χ3v) is 4.08. The molecule has 0 aliphatic heterocycles. The summed E-state index contributed by atoms with van der Waals surface area (Å²) in [6, 6.07) is 24.4. The van der Waals surface area contributed by atoms with Crippen LogP contribution in [-0.4, -0.2) is 20.1 Å². The number of ether oxygens (including phenoxy) is 2. The van der Waals surface area contributed by atoms with Gasteiger partial charge in [-0.3, -0.25) is 4.79 Å². The van der Waals surface area contributed by atoms with E-state index in [4.69, 9.17) is 9.47 Å². The van der Waals surface area contributed by atoms with Crippen LogP contribution in [-0.2, 0) is 4.79 Å². The molecule has 0 aliphatic rings. The largest absolute Gasteiger partial charge is 0.497 e. The number of benzene rings is 3. The van der Waals surface area contributed by atoms with E-state index in [1.807, 2.05) is 78.9 Å². The van der Waals surface area contributed by atoms with Crippen LogP contribution in [0.4, 0.5) is 5.69 Å². The Bertz CT molecular complexity index is 931. The number of carbonyl (C=O) groups is 1. The number of amides is 1. The first-order valence-corrected chi connectivity index (χ1v) is 8.56. The van der Waals surface area contributed by atoms with Crippen molar-refractivity contribution in [2.45, 2.75) is 0 Å². The number of methoxy groups -OCH3 is 2. The maximum Gasteiger partial charge on any atom is 0.256 e. The third-order valence-electron chi connectivity index (χ3n) is 4.08. The lowest BCUT2D eigenvalue weighted by Gasteiger charge is -2.11. The molecule has 0 unspecified atom stereocenters. The highest BCUT2D eigenvalue weighted by molar-refractivity contribution is 6.29. The minimum atomic E-state index is -0.190. The van der Waals surface area contributed by atoms with Gasteiger partial charge in [0.2, 0.25) is 0 Å². The summed E-state index contributed by atoms with van der Waals surface area (Å²) in [4.78, 5) is 13.0. The van der Waals surface area contributed by atoms with Gasteiger partial charge in [-0.05, 0) is 41.5 Å². The zero-order valence-electron chi connectivity index (χ0n) is 15.3. The van der Waals surface area contributed by atoms with Crippen molar-refractivity contribution < 1.29 is 14.3 Å². The molecule has 0 aromatic heterocycles. The van der Waals surface area contributed by atoms with Crippen LogP contribution >= 0.6 is 0 Å². The lowest BCUT2D eigenvalue weighted by Crippen LogP contribution is -2.13. The summed E-state index contributed by atoms with van der Waals surface area (Å²) in [7, 11) is 3.22. The number of hydrogen-bond donors (Lipinski definition) is 1. The van der Waals surface area contributed by atoms with Gasteiger partial charge >= 0.3 is 0 Å². The van der Waals surface area contributed by atoms with Crippen LogP contribution in [0.3, 0.4) is 0 Å². The molecule has 4 nitrogen and oxygen atoms in total. The fourth-order valence-corrected chi connectivity index (χ4v) is 2.66. The van der Waals surface area contributed by atoms with Crippen LogP contribution < -0.4 is 14.8 Å². The summed E-state index contributed by atoms with van der Waals surface area (Å²) in [6.45, 7) is 0. The molecule has 1 N–H and O–H groups in total. The van der Waals surface area contributed by atoms with Gasteiger partial charge in [-0.25, -0.2) is 0 Å². The van der Waals surface area contributed by atoms with Gasteiger partial charge in [0.05, 0.1) is 14.2 Å². The normalized spacial score (nSPS) is 11.0.